The third-order valence-corrected chi connectivity index (χ3v) is 3.74. The Bertz CT molecular complexity index is 894. The van der Waals surface area contributed by atoms with Gasteiger partial charge in [0, 0.05) is 0 Å². The van der Waals surface area contributed by atoms with Crippen molar-refractivity contribution in [1.82, 2.24) is 0 Å². The van der Waals surface area contributed by atoms with Gasteiger partial charge >= 0.3 is 5.97 Å². The van der Waals surface area contributed by atoms with Crippen LogP contribution in [0, 0.1) is 6.92 Å². The first-order valence-electron chi connectivity index (χ1n) is 7.97. The van der Waals surface area contributed by atoms with Crippen molar-refractivity contribution in [1.29, 1.82) is 0 Å². The standard InChI is InChI=1S/C22H18O3/c1-16-10-12-18(13-11-16)21(22(23)24)15-17-6-5-9-20(14-17)25-19-7-3-2-4-8-19/h2-15H,1H3,(H,23,24)/b21-15-. The van der Waals surface area contributed by atoms with Gasteiger partial charge < -0.3 is 9.84 Å². The lowest BCUT2D eigenvalue weighted by Gasteiger charge is -2.07. The molecule has 0 radical (unpaired) electrons. The summed E-state index contributed by atoms with van der Waals surface area (Å²) in [5.41, 5.74) is 2.78. The highest BCUT2D eigenvalue weighted by atomic mass is 16.5. The van der Waals surface area contributed by atoms with Crippen molar-refractivity contribution >= 4 is 17.6 Å². The van der Waals surface area contributed by atoms with E-state index in [1.165, 1.54) is 0 Å². The SMILES string of the molecule is Cc1ccc(/C(=C/c2cccc(Oc3ccccc3)c2)C(=O)O)cc1. The summed E-state index contributed by atoms with van der Waals surface area (Å²) in [6.07, 6.45) is 1.66. The first-order chi connectivity index (χ1) is 12.1. The molecule has 3 aromatic rings. The van der Waals surface area contributed by atoms with E-state index < -0.39 is 5.97 Å². The van der Waals surface area contributed by atoms with Crippen molar-refractivity contribution < 1.29 is 14.6 Å². The van der Waals surface area contributed by atoms with Crippen molar-refractivity contribution in [3.8, 4) is 11.5 Å². The Hall–Kier alpha value is -3.33. The number of aliphatic carboxylic acids is 1. The monoisotopic (exact) mass is 330 g/mol. The molecule has 0 aliphatic carbocycles. The number of carbonyl (C=O) groups is 1. The highest BCUT2D eigenvalue weighted by Gasteiger charge is 2.10. The molecule has 0 spiro atoms. The molecule has 3 aromatic carbocycles. The van der Waals surface area contributed by atoms with E-state index in [-0.39, 0.29) is 5.57 Å². The van der Waals surface area contributed by atoms with Gasteiger partial charge in [0.05, 0.1) is 5.57 Å². The number of hydrogen-bond acceptors (Lipinski definition) is 2. The molecule has 0 bridgehead atoms. The Morgan fingerprint density at radius 1 is 0.880 bits per heavy atom. The van der Waals surface area contributed by atoms with Gasteiger partial charge in [0.1, 0.15) is 11.5 Å². The van der Waals surface area contributed by atoms with Crippen LogP contribution in [0.5, 0.6) is 11.5 Å². The van der Waals surface area contributed by atoms with Crippen LogP contribution in [0.1, 0.15) is 16.7 Å². The number of rotatable bonds is 5. The molecule has 0 aliphatic rings. The summed E-state index contributed by atoms with van der Waals surface area (Å²) in [7, 11) is 0. The average molecular weight is 330 g/mol. The van der Waals surface area contributed by atoms with E-state index in [0.717, 1.165) is 16.9 Å². The van der Waals surface area contributed by atoms with Gasteiger partial charge in [-0.3, -0.25) is 0 Å². The van der Waals surface area contributed by atoms with E-state index in [1.54, 1.807) is 6.08 Å². The molecular formula is C22H18O3. The van der Waals surface area contributed by atoms with Crippen LogP contribution in [0.4, 0.5) is 0 Å². The lowest BCUT2D eigenvalue weighted by Crippen LogP contribution is -1.99. The molecule has 0 amide bonds. The Kier molecular flexibility index (Phi) is 4.95. The Labute approximate surface area is 146 Å². The van der Waals surface area contributed by atoms with E-state index >= 15 is 0 Å². The highest BCUT2D eigenvalue weighted by Crippen LogP contribution is 2.25. The summed E-state index contributed by atoms with van der Waals surface area (Å²) in [5.74, 6) is 0.437. The van der Waals surface area contributed by atoms with E-state index in [4.69, 9.17) is 4.74 Å². The van der Waals surface area contributed by atoms with Gasteiger partial charge in [0.25, 0.3) is 0 Å². The molecule has 0 unspecified atom stereocenters. The second-order valence-electron chi connectivity index (χ2n) is 5.72. The van der Waals surface area contributed by atoms with Crippen molar-refractivity contribution in [3.05, 3.63) is 95.6 Å². The summed E-state index contributed by atoms with van der Waals surface area (Å²) in [6, 6.07) is 24.3. The van der Waals surface area contributed by atoms with Crippen LogP contribution in [0.2, 0.25) is 0 Å². The molecule has 0 heterocycles. The smallest absolute Gasteiger partial charge is 0.336 e. The molecule has 0 fully saturated rings. The lowest BCUT2D eigenvalue weighted by molar-refractivity contribution is -0.130. The lowest BCUT2D eigenvalue weighted by atomic mass is 10.0. The predicted molar refractivity (Wildman–Crippen MR) is 99.6 cm³/mol. The number of hydrogen-bond donors (Lipinski definition) is 1. The maximum atomic E-state index is 11.7. The minimum Gasteiger partial charge on any atom is -0.478 e. The Balaban J connectivity index is 1.91. The minimum atomic E-state index is -0.960. The van der Waals surface area contributed by atoms with Crippen molar-refractivity contribution in [2.24, 2.45) is 0 Å². The van der Waals surface area contributed by atoms with Crippen LogP contribution < -0.4 is 4.74 Å². The van der Waals surface area contributed by atoms with Crippen LogP contribution in [0.3, 0.4) is 0 Å². The zero-order chi connectivity index (χ0) is 17.6. The van der Waals surface area contributed by atoms with Gasteiger partial charge in [-0.25, -0.2) is 4.79 Å². The quantitative estimate of drug-likeness (QED) is 0.502. The maximum absolute atomic E-state index is 11.7. The number of aryl methyl sites for hydroxylation is 1. The van der Waals surface area contributed by atoms with Crippen molar-refractivity contribution in [2.45, 2.75) is 6.92 Å². The Morgan fingerprint density at radius 2 is 1.56 bits per heavy atom. The van der Waals surface area contributed by atoms with Gasteiger partial charge in [0.15, 0.2) is 0 Å². The molecule has 0 saturated heterocycles. The topological polar surface area (TPSA) is 46.5 Å². The van der Waals surface area contributed by atoms with E-state index in [2.05, 4.69) is 0 Å². The molecule has 0 aromatic heterocycles. The molecule has 3 nitrogen and oxygen atoms in total. The average Bonchev–Trinajstić information content (AvgIpc) is 2.62. The first kappa shape index (κ1) is 16.5. The molecule has 3 heteroatoms. The van der Waals surface area contributed by atoms with Crippen LogP contribution in [-0.4, -0.2) is 11.1 Å². The number of para-hydroxylation sites is 1. The molecule has 25 heavy (non-hydrogen) atoms. The third kappa shape index (κ3) is 4.36. The number of carboxylic acid groups (broad SMARTS) is 1. The Morgan fingerprint density at radius 3 is 2.24 bits per heavy atom. The van der Waals surface area contributed by atoms with Crippen LogP contribution in [-0.2, 0) is 4.79 Å². The number of carboxylic acids is 1. The molecular weight excluding hydrogens is 312 g/mol. The summed E-state index contributed by atoms with van der Waals surface area (Å²) in [5, 5.41) is 9.56. The van der Waals surface area contributed by atoms with E-state index in [0.29, 0.717) is 11.3 Å². The summed E-state index contributed by atoms with van der Waals surface area (Å²) in [4.78, 5) is 11.7. The van der Waals surface area contributed by atoms with Crippen molar-refractivity contribution in [2.75, 3.05) is 0 Å². The normalized spacial score (nSPS) is 11.2. The van der Waals surface area contributed by atoms with Crippen LogP contribution in [0.25, 0.3) is 11.6 Å². The summed E-state index contributed by atoms with van der Waals surface area (Å²) < 4.78 is 5.81. The fourth-order valence-corrected chi connectivity index (χ4v) is 2.46. The first-order valence-corrected chi connectivity index (χ1v) is 7.97. The van der Waals surface area contributed by atoms with Crippen LogP contribution in [0.15, 0.2) is 78.9 Å². The minimum absolute atomic E-state index is 0.247. The highest BCUT2D eigenvalue weighted by molar-refractivity contribution is 6.20. The van der Waals surface area contributed by atoms with Gasteiger partial charge in [-0.05, 0) is 48.4 Å². The van der Waals surface area contributed by atoms with E-state index in [1.807, 2.05) is 85.8 Å². The largest absolute Gasteiger partial charge is 0.478 e. The van der Waals surface area contributed by atoms with E-state index in [9.17, 15) is 9.90 Å². The zero-order valence-corrected chi connectivity index (χ0v) is 13.8. The number of benzene rings is 3. The molecule has 0 atom stereocenters. The fraction of sp³-hybridized carbons (Fsp3) is 0.0455. The molecule has 3 rings (SSSR count). The molecule has 0 saturated carbocycles. The van der Waals surface area contributed by atoms with Crippen LogP contribution >= 0.6 is 0 Å². The predicted octanol–water partition coefficient (Wildman–Crippen LogP) is 5.41. The molecule has 0 aliphatic heterocycles. The molecule has 124 valence electrons. The summed E-state index contributed by atoms with van der Waals surface area (Å²) in [6.45, 7) is 1.97. The second kappa shape index (κ2) is 7.49. The zero-order valence-electron chi connectivity index (χ0n) is 13.8. The number of ether oxygens (including phenoxy) is 1. The fourth-order valence-electron chi connectivity index (χ4n) is 2.46. The van der Waals surface area contributed by atoms with Crippen molar-refractivity contribution in [3.63, 3.8) is 0 Å². The second-order valence-corrected chi connectivity index (χ2v) is 5.72. The van der Waals surface area contributed by atoms with Gasteiger partial charge in [-0.1, -0.05) is 60.2 Å². The summed E-state index contributed by atoms with van der Waals surface area (Å²) >= 11 is 0. The maximum Gasteiger partial charge on any atom is 0.336 e. The van der Waals surface area contributed by atoms with Gasteiger partial charge in [-0.2, -0.15) is 0 Å². The van der Waals surface area contributed by atoms with Gasteiger partial charge in [0.2, 0.25) is 0 Å². The third-order valence-electron chi connectivity index (χ3n) is 3.74. The van der Waals surface area contributed by atoms with Gasteiger partial charge in [-0.15, -0.1) is 0 Å². The molecule has 1 N–H and O–H groups in total.